The molecule has 0 fully saturated rings. The van der Waals surface area contributed by atoms with Crippen LogP contribution in [0.5, 0.6) is 0 Å². The quantitative estimate of drug-likeness (QED) is 0.477. The van der Waals surface area contributed by atoms with Gasteiger partial charge in [-0.2, -0.15) is 0 Å². The molecule has 2 amide bonds. The van der Waals surface area contributed by atoms with Crippen LogP contribution in [0.2, 0.25) is 0 Å². The standard InChI is InChI=1S/C25H30N2O6/c1-2-27(14-7-12-24(29)30)23(28)17-32-15-13-26-25(31)33-16-22-20-10-5-3-8-18(20)19-9-4-6-11-21(19)22/h3-6,8-11,22H,2,7,12-17H2,1H3,(H,26,31)(H,29,30). The van der Waals surface area contributed by atoms with Gasteiger partial charge in [-0.05, 0) is 35.6 Å². The first-order valence-corrected chi connectivity index (χ1v) is 11.2. The number of amides is 2. The molecule has 0 unspecified atom stereocenters. The third kappa shape index (κ3) is 6.55. The number of benzene rings is 2. The molecule has 33 heavy (non-hydrogen) atoms. The van der Waals surface area contributed by atoms with Gasteiger partial charge in [-0.15, -0.1) is 0 Å². The molecule has 0 heterocycles. The second kappa shape index (κ2) is 12.0. The summed E-state index contributed by atoms with van der Waals surface area (Å²) >= 11 is 0. The lowest BCUT2D eigenvalue weighted by atomic mass is 9.98. The SMILES string of the molecule is CCN(CCCC(=O)O)C(=O)COCCNC(=O)OCC1c2ccccc2-c2ccccc21. The van der Waals surface area contributed by atoms with Crippen LogP contribution in [0.25, 0.3) is 11.1 Å². The fourth-order valence-electron chi connectivity index (χ4n) is 4.01. The molecule has 0 saturated heterocycles. The van der Waals surface area contributed by atoms with Crippen molar-refractivity contribution in [3.8, 4) is 11.1 Å². The van der Waals surface area contributed by atoms with Crippen LogP contribution in [0.3, 0.4) is 0 Å². The number of likely N-dealkylation sites (N-methyl/N-ethyl adjacent to an activating group) is 1. The first kappa shape index (κ1) is 24.3. The van der Waals surface area contributed by atoms with Gasteiger partial charge in [0.25, 0.3) is 0 Å². The lowest BCUT2D eigenvalue weighted by Crippen LogP contribution is -2.36. The highest BCUT2D eigenvalue weighted by atomic mass is 16.5. The molecule has 0 aromatic heterocycles. The van der Waals surface area contributed by atoms with Gasteiger partial charge >= 0.3 is 12.1 Å². The Morgan fingerprint density at radius 3 is 2.27 bits per heavy atom. The molecular weight excluding hydrogens is 424 g/mol. The van der Waals surface area contributed by atoms with E-state index in [0.717, 1.165) is 11.1 Å². The Morgan fingerprint density at radius 1 is 1.03 bits per heavy atom. The number of hydrogen-bond acceptors (Lipinski definition) is 5. The minimum Gasteiger partial charge on any atom is -0.481 e. The Labute approximate surface area is 193 Å². The van der Waals surface area contributed by atoms with Crippen LogP contribution in [-0.2, 0) is 19.1 Å². The number of fused-ring (bicyclic) bond motifs is 3. The highest BCUT2D eigenvalue weighted by molar-refractivity contribution is 5.79. The maximum atomic E-state index is 12.1. The van der Waals surface area contributed by atoms with Gasteiger partial charge in [0, 0.05) is 32.0 Å². The number of rotatable bonds is 12. The first-order valence-electron chi connectivity index (χ1n) is 11.2. The molecule has 2 N–H and O–H groups in total. The van der Waals surface area contributed by atoms with E-state index >= 15 is 0 Å². The summed E-state index contributed by atoms with van der Waals surface area (Å²) in [4.78, 5) is 36.4. The molecule has 0 atom stereocenters. The first-order chi connectivity index (χ1) is 16.0. The van der Waals surface area contributed by atoms with Gasteiger partial charge in [0.1, 0.15) is 13.2 Å². The number of carboxylic acid groups (broad SMARTS) is 1. The highest BCUT2D eigenvalue weighted by Gasteiger charge is 2.28. The van der Waals surface area contributed by atoms with Crippen molar-refractivity contribution >= 4 is 18.0 Å². The fraction of sp³-hybridized carbons (Fsp3) is 0.400. The zero-order valence-electron chi connectivity index (χ0n) is 18.8. The summed E-state index contributed by atoms with van der Waals surface area (Å²) < 4.78 is 10.8. The van der Waals surface area contributed by atoms with Crippen molar-refractivity contribution in [3.05, 3.63) is 59.7 Å². The molecule has 8 nitrogen and oxygen atoms in total. The number of carboxylic acids is 1. The van der Waals surface area contributed by atoms with Gasteiger partial charge in [-0.3, -0.25) is 9.59 Å². The second-order valence-electron chi connectivity index (χ2n) is 7.78. The Morgan fingerprint density at radius 2 is 1.67 bits per heavy atom. The zero-order chi connectivity index (χ0) is 23.6. The number of nitrogens with zero attached hydrogens (tertiary/aromatic N) is 1. The van der Waals surface area contributed by atoms with E-state index in [1.54, 1.807) is 4.90 Å². The van der Waals surface area contributed by atoms with Gasteiger partial charge in [-0.1, -0.05) is 48.5 Å². The van der Waals surface area contributed by atoms with E-state index in [1.807, 2.05) is 31.2 Å². The molecular formula is C25H30N2O6. The van der Waals surface area contributed by atoms with Gasteiger partial charge in [0.2, 0.25) is 5.91 Å². The molecule has 8 heteroatoms. The average Bonchev–Trinajstić information content (AvgIpc) is 3.13. The number of alkyl carbamates (subject to hydrolysis) is 1. The summed E-state index contributed by atoms with van der Waals surface area (Å²) in [7, 11) is 0. The molecule has 2 aromatic rings. The van der Waals surface area contributed by atoms with Crippen molar-refractivity contribution in [3.63, 3.8) is 0 Å². The van der Waals surface area contributed by atoms with E-state index in [-0.39, 0.29) is 44.6 Å². The van der Waals surface area contributed by atoms with Crippen molar-refractivity contribution in [1.82, 2.24) is 10.2 Å². The molecule has 0 aliphatic heterocycles. The van der Waals surface area contributed by atoms with Crippen molar-refractivity contribution in [1.29, 1.82) is 0 Å². The number of aliphatic carboxylic acids is 1. The van der Waals surface area contributed by atoms with Crippen LogP contribution < -0.4 is 5.32 Å². The van der Waals surface area contributed by atoms with Gasteiger partial charge < -0.3 is 24.8 Å². The van der Waals surface area contributed by atoms with Crippen LogP contribution in [0.15, 0.2) is 48.5 Å². The molecule has 1 aliphatic rings. The normalized spacial score (nSPS) is 12.0. The Kier molecular flexibility index (Phi) is 8.83. The molecule has 176 valence electrons. The monoisotopic (exact) mass is 454 g/mol. The summed E-state index contributed by atoms with van der Waals surface area (Å²) in [6.45, 7) is 3.20. The van der Waals surface area contributed by atoms with E-state index in [0.29, 0.717) is 19.5 Å². The summed E-state index contributed by atoms with van der Waals surface area (Å²) in [5.74, 6) is -1.09. The van der Waals surface area contributed by atoms with Crippen LogP contribution in [0.1, 0.15) is 36.8 Å². The van der Waals surface area contributed by atoms with Gasteiger partial charge in [0.15, 0.2) is 0 Å². The molecule has 2 aromatic carbocycles. The lowest BCUT2D eigenvalue weighted by Gasteiger charge is -2.20. The minimum absolute atomic E-state index is 0.00169. The van der Waals surface area contributed by atoms with E-state index in [4.69, 9.17) is 14.6 Å². The van der Waals surface area contributed by atoms with E-state index in [1.165, 1.54) is 11.1 Å². The van der Waals surface area contributed by atoms with Crippen LogP contribution >= 0.6 is 0 Å². The number of carbonyl (C=O) groups is 3. The topological polar surface area (TPSA) is 105 Å². The molecule has 0 spiro atoms. The molecule has 0 radical (unpaired) electrons. The van der Waals surface area contributed by atoms with Crippen molar-refractivity contribution in [2.75, 3.05) is 39.5 Å². The fourth-order valence-corrected chi connectivity index (χ4v) is 4.01. The van der Waals surface area contributed by atoms with Crippen molar-refractivity contribution < 1.29 is 29.0 Å². The average molecular weight is 455 g/mol. The smallest absolute Gasteiger partial charge is 0.407 e. The second-order valence-corrected chi connectivity index (χ2v) is 7.78. The summed E-state index contributed by atoms with van der Waals surface area (Å²) in [6, 6.07) is 16.3. The van der Waals surface area contributed by atoms with Gasteiger partial charge in [0.05, 0.1) is 6.61 Å². The number of carbonyl (C=O) groups excluding carboxylic acids is 2. The number of hydrogen-bond donors (Lipinski definition) is 2. The number of nitrogens with one attached hydrogen (secondary N) is 1. The van der Waals surface area contributed by atoms with E-state index in [9.17, 15) is 14.4 Å². The zero-order valence-corrected chi connectivity index (χ0v) is 18.8. The highest BCUT2D eigenvalue weighted by Crippen LogP contribution is 2.44. The molecule has 3 rings (SSSR count). The molecule has 0 bridgehead atoms. The molecule has 0 saturated carbocycles. The number of ether oxygens (including phenoxy) is 2. The minimum atomic E-state index is -0.880. The maximum Gasteiger partial charge on any atom is 0.407 e. The summed E-state index contributed by atoms with van der Waals surface area (Å²) in [5, 5.41) is 11.3. The third-order valence-corrected chi connectivity index (χ3v) is 5.64. The summed E-state index contributed by atoms with van der Waals surface area (Å²) in [6.07, 6.45) is -0.108. The van der Waals surface area contributed by atoms with Crippen LogP contribution in [-0.4, -0.2) is 67.4 Å². The Hall–Kier alpha value is -3.39. The van der Waals surface area contributed by atoms with E-state index < -0.39 is 12.1 Å². The third-order valence-electron chi connectivity index (χ3n) is 5.64. The molecule has 1 aliphatic carbocycles. The largest absolute Gasteiger partial charge is 0.481 e. The van der Waals surface area contributed by atoms with Crippen molar-refractivity contribution in [2.24, 2.45) is 0 Å². The van der Waals surface area contributed by atoms with Crippen LogP contribution in [0.4, 0.5) is 4.79 Å². The van der Waals surface area contributed by atoms with Crippen molar-refractivity contribution in [2.45, 2.75) is 25.7 Å². The maximum absolute atomic E-state index is 12.1. The predicted molar refractivity (Wildman–Crippen MR) is 123 cm³/mol. The Balaban J connectivity index is 1.36. The Bertz CT molecular complexity index is 931. The van der Waals surface area contributed by atoms with Gasteiger partial charge in [-0.25, -0.2) is 4.79 Å². The summed E-state index contributed by atoms with van der Waals surface area (Å²) in [5.41, 5.74) is 4.64. The lowest BCUT2D eigenvalue weighted by molar-refractivity contribution is -0.139. The van der Waals surface area contributed by atoms with E-state index in [2.05, 4.69) is 29.6 Å². The van der Waals surface area contributed by atoms with Crippen LogP contribution in [0, 0.1) is 0 Å². The predicted octanol–water partition coefficient (Wildman–Crippen LogP) is 3.26.